The van der Waals surface area contributed by atoms with Crippen LogP contribution in [0.4, 0.5) is 4.79 Å². The van der Waals surface area contributed by atoms with Crippen LogP contribution in [0, 0.1) is 0 Å². The summed E-state index contributed by atoms with van der Waals surface area (Å²) >= 11 is 3.20. The first-order chi connectivity index (χ1) is 10.2. The fraction of sp³-hybridized carbons (Fsp3) is 0.125. The molecule has 3 amide bonds. The third-order valence-electron chi connectivity index (χ3n) is 3.64. The van der Waals surface area contributed by atoms with E-state index in [1.54, 1.807) is 0 Å². The van der Waals surface area contributed by atoms with E-state index in [0.717, 1.165) is 11.1 Å². The first kappa shape index (κ1) is 13.8. The quantitative estimate of drug-likeness (QED) is 0.528. The Hall–Kier alpha value is -2.14. The van der Waals surface area contributed by atoms with Gasteiger partial charge in [-0.3, -0.25) is 9.69 Å². The molecule has 1 heterocycles. The van der Waals surface area contributed by atoms with E-state index < -0.39 is 11.6 Å². The van der Waals surface area contributed by atoms with Crippen LogP contribution in [-0.4, -0.2) is 22.3 Å². The Balaban J connectivity index is 2.23. The number of urea groups is 1. The highest BCUT2D eigenvalue weighted by Crippen LogP contribution is 2.36. The van der Waals surface area contributed by atoms with Gasteiger partial charge in [-0.05, 0) is 11.1 Å². The molecule has 1 aliphatic heterocycles. The molecule has 1 N–H and O–H groups in total. The Morgan fingerprint density at radius 2 is 1.38 bits per heavy atom. The van der Waals surface area contributed by atoms with Crippen LogP contribution in [0.2, 0.25) is 0 Å². The fourth-order valence-electron chi connectivity index (χ4n) is 2.62. The van der Waals surface area contributed by atoms with E-state index in [4.69, 9.17) is 0 Å². The minimum Gasteiger partial charge on any atom is -0.315 e. The van der Waals surface area contributed by atoms with Crippen molar-refractivity contribution in [2.45, 2.75) is 5.54 Å². The van der Waals surface area contributed by atoms with Gasteiger partial charge in [-0.25, -0.2) is 4.79 Å². The van der Waals surface area contributed by atoms with Crippen LogP contribution in [0.5, 0.6) is 0 Å². The van der Waals surface area contributed by atoms with Gasteiger partial charge in [0.1, 0.15) is 0 Å². The number of nitrogens with one attached hydrogen (secondary N) is 1. The molecule has 1 saturated heterocycles. The predicted octanol–water partition coefficient (Wildman–Crippen LogP) is 2.83. The minimum absolute atomic E-state index is 0.166. The summed E-state index contributed by atoms with van der Waals surface area (Å²) in [5.41, 5.74) is 0.503. The molecule has 0 atom stereocenters. The lowest BCUT2D eigenvalue weighted by Crippen LogP contribution is -2.45. The van der Waals surface area contributed by atoms with E-state index in [-0.39, 0.29) is 11.4 Å². The molecule has 0 aliphatic carbocycles. The van der Waals surface area contributed by atoms with Crippen LogP contribution < -0.4 is 5.32 Å². The summed E-state index contributed by atoms with van der Waals surface area (Å²) in [7, 11) is 0. The molecule has 2 aromatic carbocycles. The van der Waals surface area contributed by atoms with Crippen molar-refractivity contribution >= 4 is 27.9 Å². The van der Waals surface area contributed by atoms with Gasteiger partial charge < -0.3 is 5.32 Å². The highest BCUT2D eigenvalue weighted by molar-refractivity contribution is 9.09. The molecule has 1 aliphatic rings. The summed E-state index contributed by atoms with van der Waals surface area (Å²) in [6.07, 6.45) is 0. The second kappa shape index (κ2) is 5.33. The molecule has 1 fully saturated rings. The number of halogens is 1. The predicted molar refractivity (Wildman–Crippen MR) is 82.8 cm³/mol. The van der Waals surface area contributed by atoms with Crippen LogP contribution in [0.25, 0.3) is 0 Å². The standard InChI is InChI=1S/C16H13BrN2O2/c17-11-19-14(20)16(18-15(19)21,12-7-3-1-4-8-12)13-9-5-2-6-10-13/h1-10H,11H2,(H,18,21). The van der Waals surface area contributed by atoms with E-state index in [2.05, 4.69) is 21.2 Å². The molecule has 5 heteroatoms. The summed E-state index contributed by atoms with van der Waals surface area (Å²) in [5.74, 6) is -0.276. The Kier molecular flexibility index (Phi) is 3.51. The Bertz CT molecular complexity index is 634. The molecule has 0 radical (unpaired) electrons. The number of carbonyl (C=O) groups is 2. The largest absolute Gasteiger partial charge is 0.326 e. The third kappa shape index (κ3) is 2.05. The molecule has 4 nitrogen and oxygen atoms in total. The number of hydrogen-bond donors (Lipinski definition) is 1. The maximum Gasteiger partial charge on any atom is 0.326 e. The highest BCUT2D eigenvalue weighted by atomic mass is 79.9. The molecular formula is C16H13BrN2O2. The van der Waals surface area contributed by atoms with E-state index in [0.29, 0.717) is 0 Å². The Morgan fingerprint density at radius 1 is 0.905 bits per heavy atom. The molecule has 106 valence electrons. The SMILES string of the molecule is O=C1NC(c2ccccc2)(c2ccccc2)C(=O)N1CBr. The third-order valence-corrected chi connectivity index (χ3v) is 4.14. The number of hydrogen-bond acceptors (Lipinski definition) is 2. The van der Waals surface area contributed by atoms with Crippen molar-refractivity contribution in [3.05, 3.63) is 71.8 Å². The van der Waals surface area contributed by atoms with Crippen molar-refractivity contribution in [2.24, 2.45) is 0 Å². The zero-order chi connectivity index (χ0) is 14.9. The average Bonchev–Trinajstić information content (AvgIpc) is 2.80. The summed E-state index contributed by atoms with van der Waals surface area (Å²) in [6, 6.07) is 18.2. The minimum atomic E-state index is -1.16. The van der Waals surface area contributed by atoms with Crippen LogP contribution in [-0.2, 0) is 10.3 Å². The first-order valence-electron chi connectivity index (χ1n) is 6.51. The molecule has 0 unspecified atom stereocenters. The summed E-state index contributed by atoms with van der Waals surface area (Å²) in [6.45, 7) is 0. The van der Waals surface area contributed by atoms with Crippen molar-refractivity contribution in [1.29, 1.82) is 0 Å². The van der Waals surface area contributed by atoms with Gasteiger partial charge in [0.25, 0.3) is 5.91 Å². The van der Waals surface area contributed by atoms with Gasteiger partial charge in [0.2, 0.25) is 0 Å². The van der Waals surface area contributed by atoms with Crippen molar-refractivity contribution in [3.63, 3.8) is 0 Å². The molecule has 0 spiro atoms. The monoisotopic (exact) mass is 344 g/mol. The fourth-order valence-corrected chi connectivity index (χ4v) is 3.07. The van der Waals surface area contributed by atoms with Crippen LogP contribution >= 0.6 is 15.9 Å². The maximum absolute atomic E-state index is 12.9. The van der Waals surface area contributed by atoms with Crippen molar-refractivity contribution in [1.82, 2.24) is 10.2 Å². The lowest BCUT2D eigenvalue weighted by atomic mass is 9.83. The zero-order valence-electron chi connectivity index (χ0n) is 11.1. The number of carbonyl (C=O) groups excluding carboxylic acids is 2. The average molecular weight is 345 g/mol. The maximum atomic E-state index is 12.9. The van der Waals surface area contributed by atoms with E-state index in [1.807, 2.05) is 60.7 Å². The number of amides is 3. The second-order valence-electron chi connectivity index (χ2n) is 4.76. The van der Waals surface area contributed by atoms with E-state index in [9.17, 15) is 9.59 Å². The number of alkyl halides is 1. The number of benzene rings is 2. The summed E-state index contributed by atoms with van der Waals surface area (Å²) in [5, 5.41) is 2.86. The molecule has 3 rings (SSSR count). The second-order valence-corrected chi connectivity index (χ2v) is 5.27. The van der Waals surface area contributed by atoms with E-state index in [1.165, 1.54) is 4.90 Å². The van der Waals surface area contributed by atoms with Gasteiger partial charge in [-0.15, -0.1) is 0 Å². The van der Waals surface area contributed by atoms with Crippen molar-refractivity contribution in [2.75, 3.05) is 5.45 Å². The van der Waals surface area contributed by atoms with Gasteiger partial charge in [0.05, 0.1) is 5.45 Å². The molecule has 2 aromatic rings. The van der Waals surface area contributed by atoms with Gasteiger partial charge in [0, 0.05) is 0 Å². The van der Waals surface area contributed by atoms with Gasteiger partial charge >= 0.3 is 6.03 Å². The number of rotatable bonds is 3. The zero-order valence-corrected chi connectivity index (χ0v) is 12.7. The smallest absolute Gasteiger partial charge is 0.315 e. The van der Waals surface area contributed by atoms with Crippen LogP contribution in [0.15, 0.2) is 60.7 Å². The number of nitrogens with zero attached hydrogens (tertiary/aromatic N) is 1. The highest BCUT2D eigenvalue weighted by Gasteiger charge is 2.53. The number of imide groups is 1. The normalized spacial score (nSPS) is 16.9. The van der Waals surface area contributed by atoms with Crippen molar-refractivity contribution < 1.29 is 9.59 Å². The van der Waals surface area contributed by atoms with Gasteiger partial charge in [-0.2, -0.15) is 0 Å². The summed E-state index contributed by atoms with van der Waals surface area (Å²) < 4.78 is 0. The lowest BCUT2D eigenvalue weighted by Gasteiger charge is -2.27. The van der Waals surface area contributed by atoms with E-state index >= 15 is 0 Å². The van der Waals surface area contributed by atoms with Gasteiger partial charge in [-0.1, -0.05) is 76.6 Å². The Labute approximate surface area is 130 Å². The molecule has 21 heavy (non-hydrogen) atoms. The van der Waals surface area contributed by atoms with Gasteiger partial charge in [0.15, 0.2) is 5.54 Å². The molecule has 0 bridgehead atoms. The van der Waals surface area contributed by atoms with Crippen LogP contribution in [0.1, 0.15) is 11.1 Å². The Morgan fingerprint density at radius 3 is 1.76 bits per heavy atom. The van der Waals surface area contributed by atoms with Crippen molar-refractivity contribution in [3.8, 4) is 0 Å². The molecular weight excluding hydrogens is 332 g/mol. The lowest BCUT2D eigenvalue weighted by molar-refractivity contribution is -0.129. The molecule has 0 saturated carbocycles. The first-order valence-corrected chi connectivity index (χ1v) is 7.63. The topological polar surface area (TPSA) is 49.4 Å². The summed E-state index contributed by atoms with van der Waals surface area (Å²) in [4.78, 5) is 26.2. The van der Waals surface area contributed by atoms with Crippen LogP contribution in [0.3, 0.4) is 0 Å². The molecule has 0 aromatic heterocycles.